The molecule has 1 saturated carbocycles. The molecule has 0 spiro atoms. The molecule has 1 aliphatic rings. The Hall–Kier alpha value is -1.84. The molecule has 1 aliphatic carbocycles. The Morgan fingerprint density at radius 2 is 1.95 bits per heavy atom. The SMILES string of the molecule is CC(CCC(=O)O)CNC(=O)C1(c2ccccc2)CCC1. The maximum absolute atomic E-state index is 12.6. The van der Waals surface area contributed by atoms with Crippen molar-refractivity contribution in [1.82, 2.24) is 5.32 Å². The van der Waals surface area contributed by atoms with E-state index in [-0.39, 0.29) is 23.7 Å². The molecule has 21 heavy (non-hydrogen) atoms. The number of benzene rings is 1. The molecule has 114 valence electrons. The molecule has 0 heterocycles. The van der Waals surface area contributed by atoms with Crippen LogP contribution in [-0.2, 0) is 15.0 Å². The molecule has 4 heteroatoms. The number of hydrogen-bond acceptors (Lipinski definition) is 2. The first-order chi connectivity index (χ1) is 10.0. The van der Waals surface area contributed by atoms with Crippen LogP contribution in [-0.4, -0.2) is 23.5 Å². The number of carbonyl (C=O) groups is 2. The van der Waals surface area contributed by atoms with E-state index in [2.05, 4.69) is 5.32 Å². The Morgan fingerprint density at radius 3 is 2.48 bits per heavy atom. The molecule has 0 aromatic heterocycles. The van der Waals surface area contributed by atoms with Gasteiger partial charge in [0.15, 0.2) is 0 Å². The second-order valence-corrected chi connectivity index (χ2v) is 6.05. The van der Waals surface area contributed by atoms with E-state index in [9.17, 15) is 9.59 Å². The number of aliphatic carboxylic acids is 1. The Morgan fingerprint density at radius 1 is 1.29 bits per heavy atom. The normalized spacial score (nSPS) is 17.6. The van der Waals surface area contributed by atoms with Crippen LogP contribution in [0.1, 0.15) is 44.6 Å². The minimum absolute atomic E-state index is 0.0853. The van der Waals surface area contributed by atoms with Gasteiger partial charge in [-0.15, -0.1) is 0 Å². The summed E-state index contributed by atoms with van der Waals surface area (Å²) in [4.78, 5) is 23.1. The van der Waals surface area contributed by atoms with Gasteiger partial charge in [-0.05, 0) is 30.7 Å². The molecule has 4 nitrogen and oxygen atoms in total. The van der Waals surface area contributed by atoms with Crippen molar-refractivity contribution in [3.05, 3.63) is 35.9 Å². The van der Waals surface area contributed by atoms with Gasteiger partial charge in [0, 0.05) is 13.0 Å². The third-order valence-electron chi connectivity index (χ3n) is 4.43. The molecular weight excluding hydrogens is 266 g/mol. The molecule has 1 aromatic rings. The van der Waals surface area contributed by atoms with Gasteiger partial charge in [-0.2, -0.15) is 0 Å². The Labute approximate surface area is 125 Å². The fourth-order valence-electron chi connectivity index (χ4n) is 2.84. The van der Waals surface area contributed by atoms with Gasteiger partial charge in [0.2, 0.25) is 5.91 Å². The lowest BCUT2D eigenvalue weighted by atomic mass is 9.64. The molecule has 2 rings (SSSR count). The van der Waals surface area contributed by atoms with Crippen molar-refractivity contribution in [2.45, 2.75) is 44.4 Å². The monoisotopic (exact) mass is 289 g/mol. The number of rotatable bonds is 7. The van der Waals surface area contributed by atoms with Crippen LogP contribution in [0.15, 0.2) is 30.3 Å². The summed E-state index contributed by atoms with van der Waals surface area (Å²) >= 11 is 0. The number of carbonyl (C=O) groups excluding carboxylic acids is 1. The minimum Gasteiger partial charge on any atom is -0.481 e. The molecule has 2 N–H and O–H groups in total. The average Bonchev–Trinajstić information content (AvgIpc) is 2.43. The van der Waals surface area contributed by atoms with Gasteiger partial charge in [-0.1, -0.05) is 43.7 Å². The third kappa shape index (κ3) is 3.63. The summed E-state index contributed by atoms with van der Waals surface area (Å²) in [5.41, 5.74) is 0.722. The highest BCUT2D eigenvalue weighted by Gasteiger charge is 2.45. The third-order valence-corrected chi connectivity index (χ3v) is 4.43. The lowest BCUT2D eigenvalue weighted by Gasteiger charge is -2.41. The summed E-state index contributed by atoms with van der Waals surface area (Å²) in [6, 6.07) is 9.94. The average molecular weight is 289 g/mol. The number of nitrogens with one attached hydrogen (secondary N) is 1. The van der Waals surface area contributed by atoms with Gasteiger partial charge in [-0.3, -0.25) is 9.59 Å². The van der Waals surface area contributed by atoms with Crippen molar-refractivity contribution in [3.63, 3.8) is 0 Å². The van der Waals surface area contributed by atoms with Crippen LogP contribution in [0.2, 0.25) is 0 Å². The summed E-state index contributed by atoms with van der Waals surface area (Å²) in [5, 5.41) is 11.7. The van der Waals surface area contributed by atoms with E-state index in [0.29, 0.717) is 13.0 Å². The van der Waals surface area contributed by atoms with Crippen molar-refractivity contribution >= 4 is 11.9 Å². The van der Waals surface area contributed by atoms with Crippen molar-refractivity contribution in [2.24, 2.45) is 5.92 Å². The van der Waals surface area contributed by atoms with E-state index < -0.39 is 5.97 Å². The molecule has 0 saturated heterocycles. The number of carboxylic acids is 1. The zero-order chi connectivity index (χ0) is 15.3. The van der Waals surface area contributed by atoms with Gasteiger partial charge in [-0.25, -0.2) is 0 Å². The minimum atomic E-state index is -0.784. The van der Waals surface area contributed by atoms with Crippen LogP contribution < -0.4 is 5.32 Å². The summed E-state index contributed by atoms with van der Waals surface area (Å²) in [6.45, 7) is 2.51. The zero-order valence-corrected chi connectivity index (χ0v) is 12.5. The lowest BCUT2D eigenvalue weighted by Crippen LogP contribution is -2.50. The molecule has 0 radical (unpaired) electrons. The van der Waals surface area contributed by atoms with Gasteiger partial charge < -0.3 is 10.4 Å². The van der Waals surface area contributed by atoms with E-state index in [1.54, 1.807) is 0 Å². The molecule has 0 bridgehead atoms. The van der Waals surface area contributed by atoms with Gasteiger partial charge in [0.05, 0.1) is 5.41 Å². The second-order valence-electron chi connectivity index (χ2n) is 6.05. The van der Waals surface area contributed by atoms with Crippen LogP contribution >= 0.6 is 0 Å². The first-order valence-electron chi connectivity index (χ1n) is 7.60. The maximum atomic E-state index is 12.6. The van der Waals surface area contributed by atoms with Crippen LogP contribution in [0.5, 0.6) is 0 Å². The Balaban J connectivity index is 1.91. The summed E-state index contributed by atoms with van der Waals surface area (Å²) < 4.78 is 0. The number of amides is 1. The van der Waals surface area contributed by atoms with Crippen molar-refractivity contribution in [3.8, 4) is 0 Å². The smallest absolute Gasteiger partial charge is 0.303 e. The van der Waals surface area contributed by atoms with Crippen LogP contribution in [0.4, 0.5) is 0 Å². The van der Waals surface area contributed by atoms with Crippen molar-refractivity contribution in [2.75, 3.05) is 6.54 Å². The summed E-state index contributed by atoms with van der Waals surface area (Å²) in [5.74, 6) is -0.520. The lowest BCUT2D eigenvalue weighted by molar-refractivity contribution is -0.137. The van der Waals surface area contributed by atoms with E-state index in [0.717, 1.165) is 24.8 Å². The highest BCUT2D eigenvalue weighted by atomic mass is 16.4. The molecule has 1 unspecified atom stereocenters. The predicted octanol–water partition coefficient (Wildman–Crippen LogP) is 2.73. The summed E-state index contributed by atoms with van der Waals surface area (Å²) in [6.07, 6.45) is 3.62. The Bertz CT molecular complexity index is 494. The number of hydrogen-bond donors (Lipinski definition) is 2. The topological polar surface area (TPSA) is 66.4 Å². The van der Waals surface area contributed by atoms with Crippen LogP contribution in [0.25, 0.3) is 0 Å². The van der Waals surface area contributed by atoms with Crippen LogP contribution in [0, 0.1) is 5.92 Å². The highest BCUT2D eigenvalue weighted by molar-refractivity contribution is 5.89. The van der Waals surface area contributed by atoms with E-state index in [1.165, 1.54) is 0 Å². The van der Waals surface area contributed by atoms with Gasteiger partial charge >= 0.3 is 5.97 Å². The predicted molar refractivity (Wildman–Crippen MR) is 81.0 cm³/mol. The van der Waals surface area contributed by atoms with E-state index >= 15 is 0 Å². The summed E-state index contributed by atoms with van der Waals surface area (Å²) in [7, 11) is 0. The van der Waals surface area contributed by atoms with Crippen molar-refractivity contribution in [1.29, 1.82) is 0 Å². The largest absolute Gasteiger partial charge is 0.481 e. The van der Waals surface area contributed by atoms with Crippen LogP contribution in [0.3, 0.4) is 0 Å². The second kappa shape index (κ2) is 6.74. The van der Waals surface area contributed by atoms with Crippen molar-refractivity contribution < 1.29 is 14.7 Å². The highest BCUT2D eigenvalue weighted by Crippen LogP contribution is 2.43. The molecular formula is C17H23NO3. The van der Waals surface area contributed by atoms with E-state index in [4.69, 9.17) is 5.11 Å². The first-order valence-corrected chi connectivity index (χ1v) is 7.60. The fraction of sp³-hybridized carbons (Fsp3) is 0.529. The molecule has 1 amide bonds. The molecule has 0 aliphatic heterocycles. The van der Waals surface area contributed by atoms with E-state index in [1.807, 2.05) is 37.3 Å². The fourth-order valence-corrected chi connectivity index (χ4v) is 2.84. The molecule has 1 atom stereocenters. The van der Waals surface area contributed by atoms with Gasteiger partial charge in [0.25, 0.3) is 0 Å². The number of carboxylic acid groups (broad SMARTS) is 1. The maximum Gasteiger partial charge on any atom is 0.303 e. The van der Waals surface area contributed by atoms with Gasteiger partial charge in [0.1, 0.15) is 0 Å². The quantitative estimate of drug-likeness (QED) is 0.811. The first kappa shape index (κ1) is 15.5. The Kier molecular flexibility index (Phi) is 4.99. The molecule has 1 fully saturated rings. The standard InChI is InChI=1S/C17H23NO3/c1-13(8-9-15(19)20)12-18-16(21)17(10-5-11-17)14-6-3-2-4-7-14/h2-4,6-7,13H,5,8-12H2,1H3,(H,18,21)(H,19,20). The zero-order valence-electron chi connectivity index (χ0n) is 12.5. The molecule has 1 aromatic carbocycles.